The van der Waals surface area contributed by atoms with Gasteiger partial charge in [-0.15, -0.1) is 0 Å². The van der Waals surface area contributed by atoms with Crippen LogP contribution < -0.4 is 5.32 Å². The number of carbonyl (C=O) groups is 1. The Hall–Kier alpha value is -1.63. The summed E-state index contributed by atoms with van der Waals surface area (Å²) < 4.78 is 1.79. The molecule has 0 saturated carbocycles. The molecule has 0 bridgehead atoms. The van der Waals surface area contributed by atoms with E-state index < -0.39 is 0 Å². The highest BCUT2D eigenvalue weighted by Crippen LogP contribution is 2.20. The molecule has 22 heavy (non-hydrogen) atoms. The molecular formula is C15H26N6O. The molecule has 2 aliphatic rings. The summed E-state index contributed by atoms with van der Waals surface area (Å²) in [5.74, 6) is 0. The lowest BCUT2D eigenvalue weighted by atomic mass is 10.0. The molecule has 0 radical (unpaired) electrons. The van der Waals surface area contributed by atoms with E-state index in [1.54, 1.807) is 11.0 Å². The zero-order valence-corrected chi connectivity index (χ0v) is 13.2. The molecule has 0 unspecified atom stereocenters. The largest absolute Gasteiger partial charge is 0.338 e. The van der Waals surface area contributed by atoms with Crippen LogP contribution in [-0.4, -0.2) is 69.4 Å². The fourth-order valence-corrected chi connectivity index (χ4v) is 3.44. The average molecular weight is 306 g/mol. The molecule has 0 spiro atoms. The summed E-state index contributed by atoms with van der Waals surface area (Å²) in [4.78, 5) is 20.7. The summed E-state index contributed by atoms with van der Waals surface area (Å²) in [6.07, 6.45) is 9.08. The maximum absolute atomic E-state index is 12.3. The Bertz CT molecular complexity index is 457. The number of piperidine rings is 1. The molecule has 3 rings (SSSR count). The van der Waals surface area contributed by atoms with Crippen molar-refractivity contribution in [1.82, 2.24) is 29.9 Å². The number of rotatable bonds is 5. The number of hydrogen-bond donors (Lipinski definition) is 1. The second-order valence-corrected chi connectivity index (χ2v) is 6.23. The van der Waals surface area contributed by atoms with Crippen molar-refractivity contribution < 1.29 is 4.79 Å². The van der Waals surface area contributed by atoms with E-state index in [9.17, 15) is 4.79 Å². The van der Waals surface area contributed by atoms with Crippen molar-refractivity contribution in [2.45, 2.75) is 44.7 Å². The van der Waals surface area contributed by atoms with Crippen LogP contribution in [0.4, 0.5) is 4.79 Å². The number of carbonyl (C=O) groups excluding carboxylic acids is 1. The van der Waals surface area contributed by atoms with Gasteiger partial charge in [-0.1, -0.05) is 0 Å². The number of nitrogens with zero attached hydrogens (tertiary/aromatic N) is 5. The minimum Gasteiger partial charge on any atom is -0.338 e. The molecule has 7 heteroatoms. The van der Waals surface area contributed by atoms with E-state index in [1.807, 2.05) is 4.90 Å². The number of likely N-dealkylation sites (tertiary alicyclic amines) is 2. The van der Waals surface area contributed by atoms with Gasteiger partial charge in [0.2, 0.25) is 0 Å². The molecule has 3 heterocycles. The third kappa shape index (κ3) is 3.97. The summed E-state index contributed by atoms with van der Waals surface area (Å²) in [5.41, 5.74) is 0. The van der Waals surface area contributed by atoms with Crippen molar-refractivity contribution >= 4 is 6.03 Å². The molecule has 2 amide bonds. The first-order valence-corrected chi connectivity index (χ1v) is 8.42. The second-order valence-electron chi connectivity index (χ2n) is 6.23. The maximum Gasteiger partial charge on any atom is 0.317 e. The van der Waals surface area contributed by atoms with Crippen molar-refractivity contribution in [2.75, 3.05) is 32.7 Å². The van der Waals surface area contributed by atoms with Gasteiger partial charge in [-0.05, 0) is 45.2 Å². The van der Waals surface area contributed by atoms with E-state index in [4.69, 9.17) is 0 Å². The van der Waals surface area contributed by atoms with Gasteiger partial charge >= 0.3 is 6.03 Å². The van der Waals surface area contributed by atoms with Crippen LogP contribution >= 0.6 is 0 Å². The topological polar surface area (TPSA) is 66.3 Å². The van der Waals surface area contributed by atoms with Crippen molar-refractivity contribution in [3.8, 4) is 0 Å². The van der Waals surface area contributed by atoms with Crippen molar-refractivity contribution in [2.24, 2.45) is 0 Å². The molecular weight excluding hydrogens is 280 g/mol. The van der Waals surface area contributed by atoms with E-state index in [-0.39, 0.29) is 6.03 Å². The summed E-state index contributed by atoms with van der Waals surface area (Å²) in [5, 5.41) is 7.09. The Kier molecular flexibility index (Phi) is 5.26. The lowest BCUT2D eigenvalue weighted by molar-refractivity contribution is 0.125. The number of amides is 2. The monoisotopic (exact) mass is 306 g/mol. The first-order chi connectivity index (χ1) is 10.8. The zero-order chi connectivity index (χ0) is 15.2. The van der Waals surface area contributed by atoms with Crippen LogP contribution in [0, 0.1) is 0 Å². The molecule has 1 aromatic rings. The molecule has 7 nitrogen and oxygen atoms in total. The number of aryl methyl sites for hydroxylation is 1. The van der Waals surface area contributed by atoms with Crippen LogP contribution in [0.25, 0.3) is 0 Å². The Morgan fingerprint density at radius 1 is 1.23 bits per heavy atom. The highest BCUT2D eigenvalue weighted by Gasteiger charge is 2.28. The van der Waals surface area contributed by atoms with Crippen molar-refractivity contribution in [3.63, 3.8) is 0 Å². The van der Waals surface area contributed by atoms with E-state index in [0.29, 0.717) is 12.6 Å². The van der Waals surface area contributed by atoms with Crippen LogP contribution in [-0.2, 0) is 6.54 Å². The van der Waals surface area contributed by atoms with Crippen molar-refractivity contribution in [1.29, 1.82) is 0 Å². The quantitative estimate of drug-likeness (QED) is 0.822. The van der Waals surface area contributed by atoms with Crippen LogP contribution in [0.2, 0.25) is 0 Å². The van der Waals surface area contributed by atoms with Gasteiger partial charge in [-0.3, -0.25) is 9.58 Å². The molecule has 2 fully saturated rings. The van der Waals surface area contributed by atoms with Crippen LogP contribution in [0.5, 0.6) is 0 Å². The lowest BCUT2D eigenvalue weighted by Crippen LogP contribution is -2.51. The fraction of sp³-hybridized carbons (Fsp3) is 0.800. The zero-order valence-electron chi connectivity index (χ0n) is 13.2. The first-order valence-electron chi connectivity index (χ1n) is 8.42. The minimum atomic E-state index is 0.0856. The van der Waals surface area contributed by atoms with E-state index in [0.717, 1.165) is 32.5 Å². The Balaban J connectivity index is 1.37. The van der Waals surface area contributed by atoms with E-state index in [1.165, 1.54) is 38.7 Å². The van der Waals surface area contributed by atoms with Gasteiger partial charge in [0.25, 0.3) is 0 Å². The van der Waals surface area contributed by atoms with Crippen LogP contribution in [0.1, 0.15) is 32.1 Å². The third-order valence-electron chi connectivity index (χ3n) is 4.65. The molecule has 2 aliphatic heterocycles. The van der Waals surface area contributed by atoms with Crippen molar-refractivity contribution in [3.05, 3.63) is 12.7 Å². The summed E-state index contributed by atoms with van der Waals surface area (Å²) >= 11 is 0. The molecule has 1 aromatic heterocycles. The molecule has 2 saturated heterocycles. The van der Waals surface area contributed by atoms with Gasteiger partial charge in [0, 0.05) is 32.2 Å². The first kappa shape index (κ1) is 15.3. The average Bonchev–Trinajstić information content (AvgIpc) is 3.24. The van der Waals surface area contributed by atoms with Gasteiger partial charge in [-0.25, -0.2) is 9.78 Å². The Labute approximate surface area is 131 Å². The number of urea groups is 1. The number of nitrogens with one attached hydrogen (secondary N) is 1. The predicted octanol–water partition coefficient (Wildman–Crippen LogP) is 0.938. The molecule has 0 aliphatic carbocycles. The van der Waals surface area contributed by atoms with Crippen LogP contribution in [0.3, 0.4) is 0 Å². The molecule has 1 atom stereocenters. The predicted molar refractivity (Wildman–Crippen MR) is 83.4 cm³/mol. The maximum atomic E-state index is 12.3. The van der Waals surface area contributed by atoms with E-state index >= 15 is 0 Å². The van der Waals surface area contributed by atoms with Gasteiger partial charge < -0.3 is 10.2 Å². The molecule has 1 N–H and O–H groups in total. The molecule has 122 valence electrons. The highest BCUT2D eigenvalue weighted by molar-refractivity contribution is 5.74. The Morgan fingerprint density at radius 3 is 2.86 bits per heavy atom. The lowest BCUT2D eigenvalue weighted by Gasteiger charge is -2.37. The summed E-state index contributed by atoms with van der Waals surface area (Å²) in [6, 6.07) is 0.652. The number of aromatic nitrogens is 3. The highest BCUT2D eigenvalue weighted by atomic mass is 16.2. The van der Waals surface area contributed by atoms with Gasteiger partial charge in [0.1, 0.15) is 12.7 Å². The summed E-state index contributed by atoms with van der Waals surface area (Å²) in [6.45, 7) is 5.66. The standard InChI is InChI=1S/C15H26N6O/c22-15(17-6-4-10-21-13-16-12-18-21)20-9-3-5-14(11-20)19-7-1-2-8-19/h12-14H,1-11H2,(H,17,22)/t14-/m0/s1. The SMILES string of the molecule is O=C(NCCCn1cncn1)N1CCC[C@H](N2CCCC2)C1. The van der Waals surface area contributed by atoms with Gasteiger partial charge in [0.05, 0.1) is 0 Å². The smallest absolute Gasteiger partial charge is 0.317 e. The summed E-state index contributed by atoms with van der Waals surface area (Å²) in [7, 11) is 0. The second kappa shape index (κ2) is 7.58. The van der Waals surface area contributed by atoms with Crippen LogP contribution in [0.15, 0.2) is 12.7 Å². The van der Waals surface area contributed by atoms with E-state index in [2.05, 4.69) is 20.3 Å². The fourth-order valence-electron chi connectivity index (χ4n) is 3.44. The minimum absolute atomic E-state index is 0.0856. The molecule has 0 aromatic carbocycles. The number of hydrogen-bond acceptors (Lipinski definition) is 4. The third-order valence-corrected chi connectivity index (χ3v) is 4.65. The normalized spacial score (nSPS) is 22.9. The van der Waals surface area contributed by atoms with Gasteiger partial charge in [0.15, 0.2) is 0 Å². The van der Waals surface area contributed by atoms with Gasteiger partial charge in [-0.2, -0.15) is 5.10 Å². The Morgan fingerprint density at radius 2 is 2.09 bits per heavy atom.